The van der Waals surface area contributed by atoms with Crippen LogP contribution in [0.5, 0.6) is 5.75 Å². The molecule has 2 aromatic carbocycles. The second-order valence-electron chi connectivity index (χ2n) is 5.55. The molecule has 1 heterocycles. The van der Waals surface area contributed by atoms with Crippen LogP contribution in [0.2, 0.25) is 0 Å². The van der Waals surface area contributed by atoms with Crippen molar-refractivity contribution in [1.82, 2.24) is 4.90 Å². The number of carbonyl (C=O) groups excluding carboxylic acids is 3. The van der Waals surface area contributed by atoms with E-state index in [0.29, 0.717) is 16.9 Å². The number of esters is 1. The van der Waals surface area contributed by atoms with Crippen molar-refractivity contribution in [2.45, 2.75) is 13.0 Å². The van der Waals surface area contributed by atoms with Crippen molar-refractivity contribution < 1.29 is 23.9 Å². The maximum atomic E-state index is 12.2. The van der Waals surface area contributed by atoms with E-state index in [2.05, 4.69) is 0 Å². The molecule has 0 fully saturated rings. The first-order valence-corrected chi connectivity index (χ1v) is 7.91. The average Bonchev–Trinajstić information content (AvgIpc) is 2.87. The Balaban J connectivity index is 1.51. The van der Waals surface area contributed by atoms with Gasteiger partial charge in [0.1, 0.15) is 12.4 Å². The van der Waals surface area contributed by atoms with Gasteiger partial charge in [0, 0.05) is 0 Å². The molecule has 0 aliphatic carbocycles. The van der Waals surface area contributed by atoms with Gasteiger partial charge in [0.2, 0.25) is 0 Å². The Bertz CT molecular complexity index is 767. The monoisotopic (exact) mass is 339 g/mol. The Labute approximate surface area is 145 Å². The SMILES string of the molecule is C[C@H](Oc1ccccc1)C(=O)OCCN1C(=O)c2ccccc2C1=O. The zero-order valence-electron chi connectivity index (χ0n) is 13.7. The van der Waals surface area contributed by atoms with Crippen molar-refractivity contribution in [2.24, 2.45) is 0 Å². The number of rotatable bonds is 6. The summed E-state index contributed by atoms with van der Waals surface area (Å²) in [5.41, 5.74) is 0.749. The first-order chi connectivity index (χ1) is 12.1. The molecular formula is C19H17NO5. The highest BCUT2D eigenvalue weighted by Gasteiger charge is 2.34. The minimum atomic E-state index is -0.787. The number of benzene rings is 2. The molecule has 128 valence electrons. The van der Waals surface area contributed by atoms with E-state index in [9.17, 15) is 14.4 Å². The number of nitrogens with zero attached hydrogens (tertiary/aromatic N) is 1. The smallest absolute Gasteiger partial charge is 0.347 e. The summed E-state index contributed by atoms with van der Waals surface area (Å²) in [4.78, 5) is 37.4. The topological polar surface area (TPSA) is 72.9 Å². The van der Waals surface area contributed by atoms with Gasteiger partial charge in [0.05, 0.1) is 17.7 Å². The van der Waals surface area contributed by atoms with Gasteiger partial charge in [-0.25, -0.2) is 4.79 Å². The van der Waals surface area contributed by atoms with Gasteiger partial charge in [0.15, 0.2) is 6.10 Å². The van der Waals surface area contributed by atoms with Crippen molar-refractivity contribution in [2.75, 3.05) is 13.2 Å². The number of hydrogen-bond donors (Lipinski definition) is 0. The Morgan fingerprint density at radius 1 is 0.960 bits per heavy atom. The number of amides is 2. The van der Waals surface area contributed by atoms with Crippen molar-refractivity contribution in [1.29, 1.82) is 0 Å². The Hall–Kier alpha value is -3.15. The minimum Gasteiger partial charge on any atom is -0.479 e. The van der Waals surface area contributed by atoms with Crippen molar-refractivity contribution in [3.8, 4) is 5.75 Å². The highest BCUT2D eigenvalue weighted by molar-refractivity contribution is 6.21. The summed E-state index contributed by atoms with van der Waals surface area (Å²) in [6.45, 7) is 1.51. The molecule has 0 saturated heterocycles. The first-order valence-electron chi connectivity index (χ1n) is 7.91. The molecule has 0 saturated carbocycles. The molecule has 2 amide bonds. The second-order valence-corrected chi connectivity index (χ2v) is 5.55. The molecule has 1 aliphatic heterocycles. The van der Waals surface area contributed by atoms with Crippen LogP contribution in [0.4, 0.5) is 0 Å². The van der Waals surface area contributed by atoms with Crippen LogP contribution >= 0.6 is 0 Å². The third kappa shape index (κ3) is 3.52. The summed E-state index contributed by atoms with van der Waals surface area (Å²) in [6, 6.07) is 15.6. The summed E-state index contributed by atoms with van der Waals surface area (Å²) in [6.07, 6.45) is -0.787. The van der Waals surface area contributed by atoms with E-state index in [1.807, 2.05) is 6.07 Å². The lowest BCUT2D eigenvalue weighted by Crippen LogP contribution is -2.35. The van der Waals surface area contributed by atoms with Crippen LogP contribution in [0.1, 0.15) is 27.6 Å². The Kier molecular flexibility index (Phi) is 4.79. The zero-order valence-corrected chi connectivity index (χ0v) is 13.7. The number of para-hydroxylation sites is 1. The maximum absolute atomic E-state index is 12.2. The lowest BCUT2D eigenvalue weighted by atomic mass is 10.1. The molecule has 1 atom stereocenters. The third-order valence-electron chi connectivity index (χ3n) is 3.83. The second kappa shape index (κ2) is 7.17. The largest absolute Gasteiger partial charge is 0.479 e. The summed E-state index contributed by atoms with van der Waals surface area (Å²) < 4.78 is 10.6. The normalized spacial score (nSPS) is 14.2. The number of ether oxygens (including phenoxy) is 2. The quantitative estimate of drug-likeness (QED) is 0.596. The summed E-state index contributed by atoms with van der Waals surface area (Å²) >= 11 is 0. The fraction of sp³-hybridized carbons (Fsp3) is 0.211. The van der Waals surface area contributed by atoms with Crippen LogP contribution in [0, 0.1) is 0 Å². The molecule has 3 rings (SSSR count). The average molecular weight is 339 g/mol. The molecular weight excluding hydrogens is 322 g/mol. The van der Waals surface area contributed by atoms with Crippen molar-refractivity contribution >= 4 is 17.8 Å². The summed E-state index contributed by atoms with van der Waals surface area (Å²) in [5.74, 6) is -0.733. The fourth-order valence-electron chi connectivity index (χ4n) is 2.55. The van der Waals surface area contributed by atoms with Crippen LogP contribution in [-0.4, -0.2) is 41.9 Å². The Morgan fingerprint density at radius 2 is 1.52 bits per heavy atom. The molecule has 0 N–H and O–H groups in total. The fourth-order valence-corrected chi connectivity index (χ4v) is 2.55. The molecule has 1 aliphatic rings. The minimum absolute atomic E-state index is 0.0101. The van der Waals surface area contributed by atoms with Crippen LogP contribution in [0.15, 0.2) is 54.6 Å². The van der Waals surface area contributed by atoms with Gasteiger partial charge in [-0.2, -0.15) is 0 Å². The van der Waals surface area contributed by atoms with Gasteiger partial charge in [-0.15, -0.1) is 0 Å². The van der Waals surface area contributed by atoms with Gasteiger partial charge in [0.25, 0.3) is 11.8 Å². The van der Waals surface area contributed by atoms with E-state index in [-0.39, 0.29) is 25.0 Å². The predicted octanol–water partition coefficient (Wildman–Crippen LogP) is 2.29. The molecule has 0 bridgehead atoms. The molecule has 25 heavy (non-hydrogen) atoms. The molecule has 0 spiro atoms. The summed E-state index contributed by atoms with van der Waals surface area (Å²) in [5, 5.41) is 0. The summed E-state index contributed by atoms with van der Waals surface area (Å²) in [7, 11) is 0. The first kappa shape index (κ1) is 16.7. The lowest BCUT2D eigenvalue weighted by molar-refractivity contribution is -0.151. The molecule has 0 unspecified atom stereocenters. The van der Waals surface area contributed by atoms with E-state index in [0.717, 1.165) is 4.90 Å². The van der Waals surface area contributed by atoms with E-state index in [4.69, 9.17) is 9.47 Å². The van der Waals surface area contributed by atoms with E-state index >= 15 is 0 Å². The predicted molar refractivity (Wildman–Crippen MR) is 89.3 cm³/mol. The highest BCUT2D eigenvalue weighted by atomic mass is 16.6. The van der Waals surface area contributed by atoms with E-state index < -0.39 is 12.1 Å². The van der Waals surface area contributed by atoms with Gasteiger partial charge in [-0.3, -0.25) is 14.5 Å². The number of carbonyl (C=O) groups is 3. The lowest BCUT2D eigenvalue weighted by Gasteiger charge is -2.16. The van der Waals surface area contributed by atoms with Gasteiger partial charge >= 0.3 is 5.97 Å². The standard InChI is InChI=1S/C19H17NO5/c1-13(25-14-7-3-2-4-8-14)19(23)24-12-11-20-17(21)15-9-5-6-10-16(15)18(20)22/h2-10,13H,11-12H2,1H3/t13-/m0/s1. The van der Waals surface area contributed by atoms with E-state index in [1.165, 1.54) is 0 Å². The van der Waals surface area contributed by atoms with Crippen LogP contribution < -0.4 is 4.74 Å². The van der Waals surface area contributed by atoms with Crippen molar-refractivity contribution in [3.05, 3.63) is 65.7 Å². The Morgan fingerprint density at radius 3 is 2.12 bits per heavy atom. The number of imide groups is 1. The van der Waals surface area contributed by atoms with Crippen LogP contribution in [0.3, 0.4) is 0 Å². The van der Waals surface area contributed by atoms with Crippen molar-refractivity contribution in [3.63, 3.8) is 0 Å². The molecule has 0 radical (unpaired) electrons. The van der Waals surface area contributed by atoms with Crippen LogP contribution in [0.25, 0.3) is 0 Å². The molecule has 0 aromatic heterocycles. The van der Waals surface area contributed by atoms with Gasteiger partial charge in [-0.1, -0.05) is 30.3 Å². The van der Waals surface area contributed by atoms with Crippen LogP contribution in [-0.2, 0) is 9.53 Å². The van der Waals surface area contributed by atoms with E-state index in [1.54, 1.807) is 55.5 Å². The zero-order chi connectivity index (χ0) is 17.8. The molecule has 6 heteroatoms. The maximum Gasteiger partial charge on any atom is 0.347 e. The van der Waals surface area contributed by atoms with Gasteiger partial charge in [-0.05, 0) is 31.2 Å². The third-order valence-corrected chi connectivity index (χ3v) is 3.83. The number of fused-ring (bicyclic) bond motifs is 1. The van der Waals surface area contributed by atoms with Gasteiger partial charge < -0.3 is 9.47 Å². The molecule has 2 aromatic rings. The molecule has 6 nitrogen and oxygen atoms in total. The number of hydrogen-bond acceptors (Lipinski definition) is 5. The highest BCUT2D eigenvalue weighted by Crippen LogP contribution is 2.22.